The third-order valence-electron chi connectivity index (χ3n) is 4.16. The zero-order valence-electron chi connectivity index (χ0n) is 13.3. The van der Waals surface area contributed by atoms with Crippen LogP contribution in [0.4, 0.5) is 0 Å². The molecule has 3 rings (SSSR count). The molecule has 0 radical (unpaired) electrons. The molecule has 0 aliphatic carbocycles. The Kier molecular flexibility index (Phi) is 4.57. The van der Waals surface area contributed by atoms with Crippen LogP contribution in [0.25, 0.3) is 6.08 Å². The number of aromatic nitrogens is 2. The summed E-state index contributed by atoms with van der Waals surface area (Å²) in [6.07, 6.45) is 8.52. The van der Waals surface area contributed by atoms with E-state index in [1.54, 1.807) is 36.4 Å². The second kappa shape index (κ2) is 6.64. The number of furan rings is 1. The van der Waals surface area contributed by atoms with Crippen LogP contribution >= 0.6 is 0 Å². The van der Waals surface area contributed by atoms with Gasteiger partial charge in [0.05, 0.1) is 11.5 Å². The molecule has 0 unspecified atom stereocenters. The number of carbonyl (C=O) groups is 1. The molecule has 1 aliphatic heterocycles. The molecule has 0 aromatic carbocycles. The van der Waals surface area contributed by atoms with Crippen LogP contribution in [0, 0.1) is 0 Å². The smallest absolute Gasteiger partial charge is 0.246 e. The third kappa shape index (κ3) is 3.28. The molecule has 0 N–H and O–H groups in total. The average Bonchev–Trinajstić information content (AvgIpc) is 3.24. The maximum absolute atomic E-state index is 12.6. The van der Waals surface area contributed by atoms with Gasteiger partial charge in [0.2, 0.25) is 20.9 Å². The Labute approximate surface area is 140 Å². The van der Waals surface area contributed by atoms with Gasteiger partial charge in [0, 0.05) is 38.6 Å². The van der Waals surface area contributed by atoms with E-state index < -0.39 is 15.1 Å². The molecule has 0 saturated carbocycles. The highest BCUT2D eigenvalue weighted by atomic mass is 32.2. The van der Waals surface area contributed by atoms with Gasteiger partial charge in [0.15, 0.2) is 0 Å². The molecule has 1 amide bonds. The van der Waals surface area contributed by atoms with Crippen LogP contribution < -0.4 is 0 Å². The van der Waals surface area contributed by atoms with Gasteiger partial charge in [-0.2, -0.15) is 0 Å². The molecule has 1 aliphatic rings. The van der Waals surface area contributed by atoms with Crippen LogP contribution in [0.5, 0.6) is 0 Å². The van der Waals surface area contributed by atoms with E-state index in [9.17, 15) is 13.2 Å². The van der Waals surface area contributed by atoms with Crippen molar-refractivity contribution in [2.75, 3.05) is 13.1 Å². The predicted octanol–water partition coefficient (Wildman–Crippen LogP) is 1.49. The molecule has 2 aromatic heterocycles. The minimum absolute atomic E-state index is 0.0880. The highest BCUT2D eigenvalue weighted by Crippen LogP contribution is 2.23. The summed E-state index contributed by atoms with van der Waals surface area (Å²) in [4.78, 5) is 17.8. The first-order chi connectivity index (χ1) is 11.5. The number of likely N-dealkylation sites (tertiary alicyclic amines) is 1. The number of rotatable bonds is 4. The molecule has 128 valence electrons. The standard InChI is InChI=1S/C16H19N3O4S/c1-18-11-8-17-16(18)24(21,22)14-6-9-19(10-7-14)15(20)5-4-13-3-2-12-23-13/h2-5,8,11-12,14H,6-7,9-10H2,1H3/b5-4+. The van der Waals surface area contributed by atoms with Crippen molar-refractivity contribution in [3.8, 4) is 0 Å². The summed E-state index contributed by atoms with van der Waals surface area (Å²) in [6.45, 7) is 0.825. The fourth-order valence-corrected chi connectivity index (χ4v) is 4.61. The van der Waals surface area contributed by atoms with E-state index in [4.69, 9.17) is 4.42 Å². The summed E-state index contributed by atoms with van der Waals surface area (Å²) in [6, 6.07) is 3.51. The number of aryl methyl sites for hydroxylation is 1. The monoisotopic (exact) mass is 349 g/mol. The average molecular weight is 349 g/mol. The molecule has 8 heteroatoms. The first-order valence-electron chi connectivity index (χ1n) is 7.70. The summed E-state index contributed by atoms with van der Waals surface area (Å²) in [5.41, 5.74) is 0. The first-order valence-corrected chi connectivity index (χ1v) is 9.25. The Morgan fingerprint density at radius 1 is 1.38 bits per heavy atom. The Morgan fingerprint density at radius 2 is 2.12 bits per heavy atom. The van der Waals surface area contributed by atoms with E-state index in [1.807, 2.05) is 0 Å². The summed E-state index contributed by atoms with van der Waals surface area (Å²) < 4.78 is 31.9. The van der Waals surface area contributed by atoms with Crippen molar-refractivity contribution in [1.82, 2.24) is 14.5 Å². The number of imidazole rings is 1. The molecule has 0 atom stereocenters. The van der Waals surface area contributed by atoms with Crippen LogP contribution in [-0.2, 0) is 21.7 Å². The van der Waals surface area contributed by atoms with Crippen molar-refractivity contribution in [3.63, 3.8) is 0 Å². The first kappa shape index (κ1) is 16.5. The predicted molar refractivity (Wildman–Crippen MR) is 87.7 cm³/mol. The van der Waals surface area contributed by atoms with Gasteiger partial charge in [0.25, 0.3) is 0 Å². The van der Waals surface area contributed by atoms with Crippen LogP contribution in [0.2, 0.25) is 0 Å². The minimum atomic E-state index is -3.47. The molecule has 0 bridgehead atoms. The molecular weight excluding hydrogens is 330 g/mol. The van der Waals surface area contributed by atoms with E-state index >= 15 is 0 Å². The number of hydrogen-bond acceptors (Lipinski definition) is 5. The van der Waals surface area contributed by atoms with Crippen LogP contribution in [0.1, 0.15) is 18.6 Å². The van der Waals surface area contributed by atoms with Crippen LogP contribution in [0.15, 0.2) is 46.4 Å². The molecule has 1 fully saturated rings. The minimum Gasteiger partial charge on any atom is -0.465 e. The zero-order chi connectivity index (χ0) is 17.2. The molecule has 1 saturated heterocycles. The van der Waals surface area contributed by atoms with Gasteiger partial charge in [-0.1, -0.05) is 0 Å². The summed E-state index contributed by atoms with van der Waals surface area (Å²) in [5.74, 6) is 0.467. The van der Waals surface area contributed by atoms with Crippen LogP contribution in [0.3, 0.4) is 0 Å². The number of amides is 1. The van der Waals surface area contributed by atoms with Crippen molar-refractivity contribution in [3.05, 3.63) is 42.6 Å². The SMILES string of the molecule is Cn1ccnc1S(=O)(=O)C1CCN(C(=O)/C=C/c2ccco2)CC1. The van der Waals surface area contributed by atoms with E-state index in [0.29, 0.717) is 31.7 Å². The highest BCUT2D eigenvalue weighted by molar-refractivity contribution is 7.91. The lowest BCUT2D eigenvalue weighted by molar-refractivity contribution is -0.126. The van der Waals surface area contributed by atoms with Gasteiger partial charge >= 0.3 is 0 Å². The van der Waals surface area contributed by atoms with Gasteiger partial charge in [-0.25, -0.2) is 13.4 Å². The maximum atomic E-state index is 12.6. The van der Waals surface area contributed by atoms with Gasteiger partial charge in [-0.3, -0.25) is 4.79 Å². The summed E-state index contributed by atoms with van der Waals surface area (Å²) in [5, 5.41) is -0.415. The quantitative estimate of drug-likeness (QED) is 0.781. The van der Waals surface area contributed by atoms with Crippen molar-refractivity contribution >= 4 is 21.8 Å². The lowest BCUT2D eigenvalue weighted by Crippen LogP contribution is -2.42. The van der Waals surface area contributed by atoms with Crippen molar-refractivity contribution in [2.45, 2.75) is 23.2 Å². The molecule has 7 nitrogen and oxygen atoms in total. The third-order valence-corrected chi connectivity index (χ3v) is 6.41. The molecule has 2 aromatic rings. The van der Waals surface area contributed by atoms with Gasteiger partial charge in [-0.05, 0) is 31.1 Å². The Morgan fingerprint density at radius 3 is 2.71 bits per heavy atom. The normalized spacial score (nSPS) is 16.8. The maximum Gasteiger partial charge on any atom is 0.246 e. The fourth-order valence-electron chi connectivity index (χ4n) is 2.81. The molecular formula is C16H19N3O4S. The van der Waals surface area contributed by atoms with Gasteiger partial charge in [-0.15, -0.1) is 0 Å². The highest BCUT2D eigenvalue weighted by Gasteiger charge is 2.34. The van der Waals surface area contributed by atoms with Gasteiger partial charge in [0.1, 0.15) is 5.76 Å². The Balaban J connectivity index is 1.61. The lowest BCUT2D eigenvalue weighted by Gasteiger charge is -2.30. The Bertz CT molecular complexity index is 829. The van der Waals surface area contributed by atoms with E-state index in [-0.39, 0.29) is 11.1 Å². The van der Waals surface area contributed by atoms with Crippen molar-refractivity contribution in [2.24, 2.45) is 7.05 Å². The molecule has 0 spiro atoms. The van der Waals surface area contributed by atoms with Crippen LogP contribution in [-0.4, -0.2) is 47.1 Å². The van der Waals surface area contributed by atoms with Crippen molar-refractivity contribution < 1.29 is 17.6 Å². The van der Waals surface area contributed by atoms with E-state index in [1.165, 1.54) is 23.1 Å². The zero-order valence-corrected chi connectivity index (χ0v) is 14.1. The summed E-state index contributed by atoms with van der Waals surface area (Å²) >= 11 is 0. The topological polar surface area (TPSA) is 85.4 Å². The molecule has 24 heavy (non-hydrogen) atoms. The second-order valence-electron chi connectivity index (χ2n) is 5.74. The number of hydrogen-bond donors (Lipinski definition) is 0. The van der Waals surface area contributed by atoms with E-state index in [0.717, 1.165) is 0 Å². The second-order valence-corrected chi connectivity index (χ2v) is 7.86. The van der Waals surface area contributed by atoms with Gasteiger partial charge < -0.3 is 13.9 Å². The number of carbonyl (C=O) groups excluding carboxylic acids is 1. The Hall–Kier alpha value is -2.35. The molecule has 3 heterocycles. The number of sulfone groups is 1. The summed E-state index contributed by atoms with van der Waals surface area (Å²) in [7, 11) is -1.80. The fraction of sp³-hybridized carbons (Fsp3) is 0.375. The van der Waals surface area contributed by atoms with Crippen molar-refractivity contribution in [1.29, 1.82) is 0 Å². The number of nitrogens with zero attached hydrogens (tertiary/aromatic N) is 3. The van der Waals surface area contributed by atoms with E-state index in [2.05, 4.69) is 4.98 Å². The lowest BCUT2D eigenvalue weighted by atomic mass is 10.1. The largest absolute Gasteiger partial charge is 0.465 e. The number of piperidine rings is 1.